The fourth-order valence-electron chi connectivity index (χ4n) is 2.37. The first-order valence-electron chi connectivity index (χ1n) is 7.87. The highest BCUT2D eigenvalue weighted by Crippen LogP contribution is 2.35. The minimum absolute atomic E-state index is 0.0381. The first-order valence-corrected chi connectivity index (χ1v) is 9.90. The number of aromatic nitrogens is 2. The number of benzene rings is 1. The van der Waals surface area contributed by atoms with E-state index in [4.69, 9.17) is 11.6 Å². The van der Waals surface area contributed by atoms with Gasteiger partial charge >= 0.3 is 0 Å². The molecule has 0 saturated heterocycles. The lowest BCUT2D eigenvalue weighted by Crippen LogP contribution is -2.14. The van der Waals surface area contributed by atoms with E-state index in [-0.39, 0.29) is 5.75 Å². The maximum atomic E-state index is 11.6. The summed E-state index contributed by atoms with van der Waals surface area (Å²) in [7, 11) is -3.27. The van der Waals surface area contributed by atoms with Gasteiger partial charge in [0.2, 0.25) is 10.0 Å². The van der Waals surface area contributed by atoms with Gasteiger partial charge in [-0.15, -0.1) is 0 Å². The summed E-state index contributed by atoms with van der Waals surface area (Å²) in [5.74, 6) is 1.86. The van der Waals surface area contributed by atoms with Gasteiger partial charge in [0.1, 0.15) is 16.8 Å². The minimum atomic E-state index is -3.27. The summed E-state index contributed by atoms with van der Waals surface area (Å²) in [6, 6.07) is 8.65. The largest absolute Gasteiger partial charge is 0.340 e. The maximum absolute atomic E-state index is 11.6. The molecule has 6 nitrogen and oxygen atoms in total. The van der Waals surface area contributed by atoms with Crippen molar-refractivity contribution in [3.8, 4) is 0 Å². The summed E-state index contributed by atoms with van der Waals surface area (Å²) in [6.45, 7) is 1.59. The third kappa shape index (κ3) is 4.15. The number of hydrogen-bond donors (Lipinski definition) is 2. The van der Waals surface area contributed by atoms with E-state index in [9.17, 15) is 8.42 Å². The highest BCUT2D eigenvalue weighted by Gasteiger charge is 2.23. The Morgan fingerprint density at radius 2 is 1.83 bits per heavy atom. The molecule has 8 heteroatoms. The monoisotopic (exact) mass is 366 g/mol. The topological polar surface area (TPSA) is 84.0 Å². The van der Waals surface area contributed by atoms with Crippen molar-refractivity contribution >= 4 is 38.8 Å². The van der Waals surface area contributed by atoms with Crippen molar-refractivity contribution in [1.29, 1.82) is 0 Å². The van der Waals surface area contributed by atoms with Crippen LogP contribution in [-0.4, -0.2) is 24.1 Å². The van der Waals surface area contributed by atoms with Crippen LogP contribution in [0.4, 0.5) is 17.2 Å². The zero-order valence-electron chi connectivity index (χ0n) is 13.3. The lowest BCUT2D eigenvalue weighted by molar-refractivity contribution is 0.402. The summed E-state index contributed by atoms with van der Waals surface area (Å²) >= 11 is 6.09. The molecule has 0 aliphatic heterocycles. The lowest BCUT2D eigenvalue weighted by atomic mass is 9.85. The van der Waals surface area contributed by atoms with Crippen LogP contribution in [0, 0.1) is 0 Å². The quantitative estimate of drug-likeness (QED) is 0.757. The molecule has 0 unspecified atom stereocenters. The van der Waals surface area contributed by atoms with Crippen LogP contribution in [0.5, 0.6) is 0 Å². The first kappa shape index (κ1) is 17.0. The van der Waals surface area contributed by atoms with Crippen molar-refractivity contribution in [2.45, 2.75) is 32.1 Å². The Morgan fingerprint density at radius 3 is 2.42 bits per heavy atom. The molecular weight excluding hydrogens is 348 g/mol. The molecular formula is C16H19ClN4O2S. The Balaban J connectivity index is 1.73. The first-order chi connectivity index (χ1) is 11.4. The average Bonchev–Trinajstić information content (AvgIpc) is 2.47. The molecule has 128 valence electrons. The van der Waals surface area contributed by atoms with Crippen LogP contribution < -0.4 is 10.0 Å². The molecule has 1 aliphatic rings. The molecule has 0 amide bonds. The molecule has 0 radical (unpaired) electrons. The van der Waals surface area contributed by atoms with E-state index in [0.29, 0.717) is 22.6 Å². The second-order valence-corrected chi connectivity index (χ2v) is 8.17. The van der Waals surface area contributed by atoms with E-state index in [2.05, 4.69) is 20.0 Å². The zero-order chi connectivity index (χ0) is 17.2. The molecule has 0 spiro atoms. The van der Waals surface area contributed by atoms with Gasteiger partial charge < -0.3 is 5.32 Å². The highest BCUT2D eigenvalue weighted by atomic mass is 35.5. The summed E-state index contributed by atoms with van der Waals surface area (Å²) in [4.78, 5) is 8.83. The second-order valence-electron chi connectivity index (χ2n) is 5.77. The third-order valence-corrected chi connectivity index (χ3v) is 5.49. The summed E-state index contributed by atoms with van der Waals surface area (Å²) in [6.07, 6.45) is 3.41. The molecule has 2 N–H and O–H groups in total. The molecule has 1 heterocycles. The summed E-state index contributed by atoms with van der Waals surface area (Å²) in [5, 5.41) is 3.60. The number of anilines is 3. The Kier molecular flexibility index (Phi) is 4.91. The van der Waals surface area contributed by atoms with Gasteiger partial charge in [-0.1, -0.05) is 18.0 Å². The highest BCUT2D eigenvalue weighted by molar-refractivity contribution is 7.92. The molecule has 1 aromatic heterocycles. The molecule has 1 saturated carbocycles. The molecule has 1 aromatic carbocycles. The van der Waals surface area contributed by atoms with E-state index >= 15 is 0 Å². The number of sulfonamides is 1. The van der Waals surface area contributed by atoms with Gasteiger partial charge in [-0.2, -0.15) is 0 Å². The Morgan fingerprint density at radius 1 is 1.17 bits per heavy atom. The lowest BCUT2D eigenvalue weighted by Gasteiger charge is -2.24. The van der Waals surface area contributed by atoms with E-state index in [1.807, 2.05) is 0 Å². The van der Waals surface area contributed by atoms with E-state index in [1.54, 1.807) is 37.3 Å². The predicted octanol–water partition coefficient (Wildman–Crippen LogP) is 3.90. The van der Waals surface area contributed by atoms with Crippen molar-refractivity contribution in [3.05, 3.63) is 41.3 Å². The van der Waals surface area contributed by atoms with E-state index < -0.39 is 10.0 Å². The van der Waals surface area contributed by atoms with Gasteiger partial charge in [0, 0.05) is 23.4 Å². The predicted molar refractivity (Wildman–Crippen MR) is 96.4 cm³/mol. The fraction of sp³-hybridized carbons (Fsp3) is 0.375. The van der Waals surface area contributed by atoms with Crippen LogP contribution in [0.3, 0.4) is 0 Å². The molecule has 24 heavy (non-hydrogen) atoms. The molecule has 2 aromatic rings. The molecule has 3 rings (SSSR count). The molecule has 0 bridgehead atoms. The Hall–Kier alpha value is -1.86. The fourth-order valence-corrected chi connectivity index (χ4v) is 3.20. The number of hydrogen-bond acceptors (Lipinski definition) is 5. The van der Waals surface area contributed by atoms with E-state index in [1.165, 1.54) is 6.42 Å². The Bertz CT molecular complexity index is 820. The van der Waals surface area contributed by atoms with Crippen molar-refractivity contribution in [2.75, 3.05) is 15.8 Å². The standard InChI is InChI=1S/C16H19ClN4O2S/c1-2-24(22,23)21-13-8-6-12(7-9-13)18-15-10-14(17)19-16(20-15)11-4-3-5-11/h6-11,21H,2-5H2,1H3,(H,18,19,20). The minimum Gasteiger partial charge on any atom is -0.340 e. The van der Waals surface area contributed by atoms with Crippen molar-refractivity contribution < 1.29 is 8.42 Å². The van der Waals surface area contributed by atoms with Gasteiger partial charge in [-0.3, -0.25) is 4.72 Å². The third-order valence-electron chi connectivity index (χ3n) is 3.99. The van der Waals surface area contributed by atoms with Crippen molar-refractivity contribution in [1.82, 2.24) is 9.97 Å². The summed E-state index contributed by atoms with van der Waals surface area (Å²) < 4.78 is 25.6. The average molecular weight is 367 g/mol. The zero-order valence-corrected chi connectivity index (χ0v) is 14.9. The van der Waals surface area contributed by atoms with Crippen LogP contribution >= 0.6 is 11.6 Å². The summed E-state index contributed by atoms with van der Waals surface area (Å²) in [5.41, 5.74) is 1.32. The van der Waals surface area contributed by atoms with Crippen LogP contribution in [0.1, 0.15) is 37.9 Å². The number of nitrogens with one attached hydrogen (secondary N) is 2. The van der Waals surface area contributed by atoms with Crippen LogP contribution in [-0.2, 0) is 10.0 Å². The molecule has 1 aliphatic carbocycles. The Labute approximate surface area is 146 Å². The number of nitrogens with zero attached hydrogens (tertiary/aromatic N) is 2. The smallest absolute Gasteiger partial charge is 0.232 e. The van der Waals surface area contributed by atoms with Crippen LogP contribution in [0.15, 0.2) is 30.3 Å². The van der Waals surface area contributed by atoms with Gasteiger partial charge in [0.25, 0.3) is 0 Å². The normalized spacial score (nSPS) is 14.9. The van der Waals surface area contributed by atoms with Crippen LogP contribution in [0.25, 0.3) is 0 Å². The van der Waals surface area contributed by atoms with Crippen molar-refractivity contribution in [2.24, 2.45) is 0 Å². The number of rotatable bonds is 6. The maximum Gasteiger partial charge on any atom is 0.232 e. The van der Waals surface area contributed by atoms with Crippen LogP contribution in [0.2, 0.25) is 5.15 Å². The van der Waals surface area contributed by atoms with E-state index in [0.717, 1.165) is 24.4 Å². The van der Waals surface area contributed by atoms with Gasteiger partial charge in [-0.05, 0) is 44.0 Å². The molecule has 1 fully saturated rings. The van der Waals surface area contributed by atoms with Gasteiger partial charge in [0.05, 0.1) is 5.75 Å². The molecule has 0 atom stereocenters. The number of halogens is 1. The van der Waals surface area contributed by atoms with Crippen molar-refractivity contribution in [3.63, 3.8) is 0 Å². The second kappa shape index (κ2) is 6.94. The SMILES string of the molecule is CCS(=O)(=O)Nc1ccc(Nc2cc(Cl)nc(C3CCC3)n2)cc1. The van der Waals surface area contributed by atoms with Gasteiger partial charge in [0.15, 0.2) is 0 Å². The van der Waals surface area contributed by atoms with Gasteiger partial charge in [-0.25, -0.2) is 18.4 Å².